The number of benzene rings is 2. The molecule has 1 aliphatic heterocycles. The third kappa shape index (κ3) is 5.96. The summed E-state index contributed by atoms with van der Waals surface area (Å²) < 4.78 is 0.975. The SMILES string of the molecule is CN1C(CC(=O)c2ccccc2)CCCC1CC(=O)c1ccc(Br)cc1.I. The van der Waals surface area contributed by atoms with E-state index in [1.54, 1.807) is 0 Å². The molecule has 0 amide bonds. The molecule has 0 spiro atoms. The van der Waals surface area contributed by atoms with Crippen molar-refractivity contribution in [3.05, 3.63) is 70.2 Å². The number of rotatable bonds is 6. The van der Waals surface area contributed by atoms with Gasteiger partial charge in [0.05, 0.1) is 0 Å². The molecule has 0 radical (unpaired) electrons. The topological polar surface area (TPSA) is 37.4 Å². The first kappa shape index (κ1) is 22.2. The monoisotopic (exact) mass is 541 g/mol. The van der Waals surface area contributed by atoms with E-state index < -0.39 is 0 Å². The van der Waals surface area contributed by atoms with Crippen LogP contribution in [0.3, 0.4) is 0 Å². The van der Waals surface area contributed by atoms with Crippen molar-refractivity contribution >= 4 is 51.5 Å². The third-order valence-corrected chi connectivity index (χ3v) is 5.86. The summed E-state index contributed by atoms with van der Waals surface area (Å²) in [4.78, 5) is 27.4. The van der Waals surface area contributed by atoms with Gasteiger partial charge in [0.15, 0.2) is 11.6 Å². The summed E-state index contributed by atoms with van der Waals surface area (Å²) in [5, 5.41) is 0. The van der Waals surface area contributed by atoms with Crippen LogP contribution in [0.2, 0.25) is 0 Å². The highest BCUT2D eigenvalue weighted by Gasteiger charge is 2.30. The van der Waals surface area contributed by atoms with Crippen molar-refractivity contribution in [3.63, 3.8) is 0 Å². The Bertz CT molecular complexity index is 764. The quantitative estimate of drug-likeness (QED) is 0.344. The van der Waals surface area contributed by atoms with E-state index in [9.17, 15) is 9.59 Å². The minimum Gasteiger partial charge on any atom is -0.300 e. The van der Waals surface area contributed by atoms with Crippen molar-refractivity contribution in [1.82, 2.24) is 4.90 Å². The van der Waals surface area contributed by atoms with Gasteiger partial charge in [0.1, 0.15) is 0 Å². The average Bonchev–Trinajstić information content (AvgIpc) is 2.66. The van der Waals surface area contributed by atoms with Crippen molar-refractivity contribution in [2.45, 2.75) is 44.2 Å². The fourth-order valence-electron chi connectivity index (χ4n) is 3.71. The fourth-order valence-corrected chi connectivity index (χ4v) is 3.97. The molecule has 0 aromatic heterocycles. The number of halogens is 2. The van der Waals surface area contributed by atoms with Crippen molar-refractivity contribution in [2.75, 3.05) is 7.05 Å². The van der Waals surface area contributed by atoms with Gasteiger partial charge >= 0.3 is 0 Å². The Hall–Kier alpha value is -1.05. The Kier molecular flexibility index (Phi) is 8.63. The van der Waals surface area contributed by atoms with Crippen LogP contribution in [-0.4, -0.2) is 35.6 Å². The lowest BCUT2D eigenvalue weighted by atomic mass is 9.88. The van der Waals surface area contributed by atoms with Crippen molar-refractivity contribution in [3.8, 4) is 0 Å². The van der Waals surface area contributed by atoms with E-state index in [0.717, 1.165) is 34.9 Å². The summed E-state index contributed by atoms with van der Waals surface area (Å²) in [6, 6.07) is 17.4. The number of piperidine rings is 1. The van der Waals surface area contributed by atoms with Crippen molar-refractivity contribution in [1.29, 1.82) is 0 Å². The number of hydrogen-bond acceptors (Lipinski definition) is 3. The molecule has 0 bridgehead atoms. The van der Waals surface area contributed by atoms with Crippen LogP contribution in [0.15, 0.2) is 59.1 Å². The van der Waals surface area contributed by atoms with Crippen LogP contribution in [-0.2, 0) is 0 Å². The Labute approximate surface area is 186 Å². The number of likely N-dealkylation sites (tertiary alicyclic amines) is 1. The molecule has 1 heterocycles. The standard InChI is InChI=1S/C22H24BrNO2.HI/c1-24-19(14-21(25)16-6-3-2-4-7-16)8-5-9-20(24)15-22(26)17-10-12-18(23)13-11-17;/h2-4,6-7,10-13,19-20H,5,8-9,14-15H2,1H3;1H. The van der Waals surface area contributed by atoms with Crippen LogP contribution in [0, 0.1) is 0 Å². The lowest BCUT2D eigenvalue weighted by Gasteiger charge is -2.39. The van der Waals surface area contributed by atoms with Gasteiger partial charge in [0.2, 0.25) is 0 Å². The lowest BCUT2D eigenvalue weighted by Crippen LogP contribution is -2.45. The summed E-state index contributed by atoms with van der Waals surface area (Å²) in [5.74, 6) is 0.353. The second-order valence-electron chi connectivity index (χ2n) is 7.03. The molecule has 2 atom stereocenters. The molecule has 1 aliphatic rings. The van der Waals surface area contributed by atoms with Crippen LogP contribution < -0.4 is 0 Å². The lowest BCUT2D eigenvalue weighted by molar-refractivity contribution is 0.0723. The number of nitrogens with zero attached hydrogens (tertiary/aromatic N) is 1. The minimum atomic E-state index is 0. The number of hydrogen-bond donors (Lipinski definition) is 0. The molecule has 1 fully saturated rings. The summed E-state index contributed by atoms with van der Waals surface area (Å²) in [6.07, 6.45) is 4.11. The Balaban J connectivity index is 0.00000261. The first-order chi connectivity index (χ1) is 12.5. The van der Waals surface area contributed by atoms with Gasteiger partial charge in [-0.25, -0.2) is 0 Å². The van der Waals surface area contributed by atoms with E-state index >= 15 is 0 Å². The van der Waals surface area contributed by atoms with Crippen LogP contribution in [0.4, 0.5) is 0 Å². The molecule has 2 unspecified atom stereocenters. The fraction of sp³-hybridized carbons (Fsp3) is 0.364. The third-order valence-electron chi connectivity index (χ3n) is 5.33. The maximum absolute atomic E-state index is 12.6. The molecule has 2 aromatic carbocycles. The maximum atomic E-state index is 12.6. The average molecular weight is 542 g/mol. The minimum absolute atomic E-state index is 0. The normalized spacial score (nSPS) is 19.9. The first-order valence-electron chi connectivity index (χ1n) is 9.13. The van der Waals surface area contributed by atoms with E-state index in [1.165, 1.54) is 0 Å². The van der Waals surface area contributed by atoms with E-state index in [2.05, 4.69) is 27.9 Å². The molecule has 3 rings (SSSR count). The second kappa shape index (κ2) is 10.5. The van der Waals surface area contributed by atoms with Gasteiger partial charge in [0.25, 0.3) is 0 Å². The van der Waals surface area contributed by atoms with Gasteiger partial charge in [-0.05, 0) is 32.0 Å². The highest BCUT2D eigenvalue weighted by Crippen LogP contribution is 2.27. The molecular formula is C22H25BrINO2. The van der Waals surface area contributed by atoms with Crippen LogP contribution in [0.5, 0.6) is 0 Å². The molecule has 1 saturated heterocycles. The summed E-state index contributed by atoms with van der Waals surface area (Å²) in [5.41, 5.74) is 1.53. The number of carbonyl (C=O) groups is 2. The summed E-state index contributed by atoms with van der Waals surface area (Å²) in [7, 11) is 2.06. The van der Waals surface area contributed by atoms with E-state index in [0.29, 0.717) is 12.8 Å². The van der Waals surface area contributed by atoms with Crippen LogP contribution in [0.25, 0.3) is 0 Å². The van der Waals surface area contributed by atoms with E-state index in [-0.39, 0.29) is 47.6 Å². The van der Waals surface area contributed by atoms with E-state index in [4.69, 9.17) is 0 Å². The van der Waals surface area contributed by atoms with Gasteiger partial charge in [0, 0.05) is 40.5 Å². The van der Waals surface area contributed by atoms with Gasteiger partial charge in [-0.3, -0.25) is 14.5 Å². The molecule has 3 nitrogen and oxygen atoms in total. The van der Waals surface area contributed by atoms with Gasteiger partial charge in [-0.2, -0.15) is 0 Å². The maximum Gasteiger partial charge on any atom is 0.164 e. The summed E-state index contributed by atoms with van der Waals surface area (Å²) >= 11 is 3.40. The molecule has 0 N–H and O–H groups in total. The molecule has 0 aliphatic carbocycles. The smallest absolute Gasteiger partial charge is 0.164 e. The van der Waals surface area contributed by atoms with Crippen LogP contribution >= 0.6 is 39.9 Å². The predicted octanol–water partition coefficient (Wildman–Crippen LogP) is 5.77. The molecule has 144 valence electrons. The largest absolute Gasteiger partial charge is 0.300 e. The molecular weight excluding hydrogens is 517 g/mol. The predicted molar refractivity (Wildman–Crippen MR) is 123 cm³/mol. The first-order valence-corrected chi connectivity index (χ1v) is 9.93. The summed E-state index contributed by atoms with van der Waals surface area (Å²) in [6.45, 7) is 0. The zero-order valence-corrected chi connectivity index (χ0v) is 19.4. The van der Waals surface area contributed by atoms with Gasteiger partial charge in [-0.1, -0.05) is 64.8 Å². The zero-order chi connectivity index (χ0) is 18.5. The molecule has 2 aromatic rings. The Morgan fingerprint density at radius 3 is 1.89 bits per heavy atom. The van der Waals surface area contributed by atoms with Gasteiger partial charge in [-0.15, -0.1) is 24.0 Å². The van der Waals surface area contributed by atoms with Crippen molar-refractivity contribution in [2.24, 2.45) is 0 Å². The number of ketones is 2. The number of carbonyl (C=O) groups excluding carboxylic acids is 2. The Morgan fingerprint density at radius 1 is 0.889 bits per heavy atom. The molecule has 27 heavy (non-hydrogen) atoms. The second-order valence-corrected chi connectivity index (χ2v) is 7.95. The van der Waals surface area contributed by atoms with Crippen molar-refractivity contribution < 1.29 is 9.59 Å². The van der Waals surface area contributed by atoms with Crippen LogP contribution in [0.1, 0.15) is 52.8 Å². The zero-order valence-electron chi connectivity index (χ0n) is 15.4. The van der Waals surface area contributed by atoms with Gasteiger partial charge < -0.3 is 0 Å². The highest BCUT2D eigenvalue weighted by atomic mass is 127. The number of Topliss-reactive ketones (excluding diaryl/α,β-unsaturated/α-hetero) is 2. The highest BCUT2D eigenvalue weighted by molar-refractivity contribution is 14.0. The van der Waals surface area contributed by atoms with E-state index in [1.807, 2.05) is 54.6 Å². The molecule has 0 saturated carbocycles. The Morgan fingerprint density at radius 2 is 1.37 bits per heavy atom. The molecule has 5 heteroatoms.